The van der Waals surface area contributed by atoms with Crippen LogP contribution in [0.4, 0.5) is 5.69 Å². The topological polar surface area (TPSA) is 66.8 Å². The first-order chi connectivity index (χ1) is 12.6. The fraction of sp³-hybridized carbons (Fsp3) is 0.200. The summed E-state index contributed by atoms with van der Waals surface area (Å²) in [4.78, 5) is 25.9. The summed E-state index contributed by atoms with van der Waals surface area (Å²) in [5.41, 5.74) is 1.61. The Morgan fingerprint density at radius 3 is 2.50 bits per heavy atom. The van der Waals surface area contributed by atoms with E-state index in [0.29, 0.717) is 11.4 Å². The van der Waals surface area contributed by atoms with Crippen LogP contribution in [0.3, 0.4) is 0 Å². The zero-order valence-corrected chi connectivity index (χ0v) is 15.1. The predicted octanol–water partition coefficient (Wildman–Crippen LogP) is 3.31. The quantitative estimate of drug-likeness (QED) is 0.876. The van der Waals surface area contributed by atoms with Gasteiger partial charge >= 0.3 is 5.97 Å². The lowest BCUT2D eigenvalue weighted by Crippen LogP contribution is -2.52. The molecule has 2 aromatic carbocycles. The van der Waals surface area contributed by atoms with Crippen molar-refractivity contribution < 1.29 is 19.4 Å². The van der Waals surface area contributed by atoms with Gasteiger partial charge in [-0.25, -0.2) is 0 Å². The smallest absolute Gasteiger partial charge is 0.319 e. The van der Waals surface area contributed by atoms with Crippen LogP contribution in [0.5, 0.6) is 5.75 Å². The predicted molar refractivity (Wildman–Crippen MR) is 104 cm³/mol. The van der Waals surface area contributed by atoms with Crippen LogP contribution in [0, 0.1) is 0 Å². The van der Waals surface area contributed by atoms with E-state index in [0.717, 1.165) is 17.3 Å². The van der Waals surface area contributed by atoms with Gasteiger partial charge in [0.2, 0.25) is 5.91 Å². The summed E-state index contributed by atoms with van der Waals surface area (Å²) < 4.78 is 5.16. The number of aliphatic carboxylic acids is 1. The van der Waals surface area contributed by atoms with Crippen molar-refractivity contribution >= 4 is 35.4 Å². The minimum atomic E-state index is -0.927. The highest BCUT2D eigenvalue weighted by molar-refractivity contribution is 8.01. The number of ether oxygens (including phenoxy) is 1. The first-order valence-electron chi connectivity index (χ1n) is 8.14. The average molecular weight is 369 g/mol. The maximum absolute atomic E-state index is 12.6. The Hall–Kier alpha value is -2.73. The number of anilines is 1. The Labute approximate surface area is 156 Å². The van der Waals surface area contributed by atoms with Crippen LogP contribution in [0.15, 0.2) is 60.7 Å². The van der Waals surface area contributed by atoms with Crippen molar-refractivity contribution in [3.63, 3.8) is 0 Å². The molecule has 0 unspecified atom stereocenters. The molecule has 0 aliphatic carbocycles. The second-order valence-corrected chi connectivity index (χ2v) is 6.92. The second-order valence-electron chi connectivity index (χ2n) is 5.79. The summed E-state index contributed by atoms with van der Waals surface area (Å²) in [7, 11) is 1.57. The number of benzene rings is 2. The van der Waals surface area contributed by atoms with E-state index in [4.69, 9.17) is 4.74 Å². The van der Waals surface area contributed by atoms with E-state index < -0.39 is 17.3 Å². The minimum Gasteiger partial charge on any atom is -0.497 e. The SMILES string of the molecule is COc1ccc(N2C(=O)CS[C@H](C(=O)O)[C@H]2/C=C/c2ccccc2)cc1. The van der Waals surface area contributed by atoms with Crippen molar-refractivity contribution in [2.75, 3.05) is 17.8 Å². The van der Waals surface area contributed by atoms with Crippen molar-refractivity contribution in [3.05, 3.63) is 66.2 Å². The Morgan fingerprint density at radius 2 is 1.88 bits per heavy atom. The summed E-state index contributed by atoms with van der Waals surface area (Å²) in [6, 6.07) is 16.1. The lowest BCUT2D eigenvalue weighted by molar-refractivity contribution is -0.136. The Kier molecular flexibility index (Phi) is 5.63. The van der Waals surface area contributed by atoms with Gasteiger partial charge in [0, 0.05) is 5.69 Å². The number of methoxy groups -OCH3 is 1. The highest BCUT2D eigenvalue weighted by Crippen LogP contribution is 2.32. The molecule has 1 aliphatic heterocycles. The molecule has 3 rings (SSSR count). The normalized spacial score (nSPS) is 20.3. The van der Waals surface area contributed by atoms with Gasteiger partial charge in [0.15, 0.2) is 0 Å². The standard InChI is InChI=1S/C20H19NO4S/c1-25-16-10-8-15(9-11-16)21-17(12-7-14-5-3-2-4-6-14)19(20(23)24)26-13-18(21)22/h2-12,17,19H,13H2,1H3,(H,23,24)/b12-7+/t17-,19+/m1/s1. The zero-order valence-electron chi connectivity index (χ0n) is 14.2. The van der Waals surface area contributed by atoms with E-state index in [1.165, 1.54) is 0 Å². The molecule has 2 atom stereocenters. The van der Waals surface area contributed by atoms with Crippen molar-refractivity contribution in [2.24, 2.45) is 0 Å². The van der Waals surface area contributed by atoms with Crippen LogP contribution in [-0.2, 0) is 9.59 Å². The summed E-state index contributed by atoms with van der Waals surface area (Å²) in [6.07, 6.45) is 3.65. The third-order valence-corrected chi connectivity index (χ3v) is 5.40. The molecular weight excluding hydrogens is 350 g/mol. The lowest BCUT2D eigenvalue weighted by Gasteiger charge is -2.37. The highest BCUT2D eigenvalue weighted by atomic mass is 32.2. The third kappa shape index (κ3) is 3.91. The van der Waals surface area contributed by atoms with E-state index >= 15 is 0 Å². The van der Waals surface area contributed by atoms with Crippen molar-refractivity contribution in [2.45, 2.75) is 11.3 Å². The van der Waals surface area contributed by atoms with E-state index in [1.54, 1.807) is 42.4 Å². The van der Waals surface area contributed by atoms with Crippen LogP contribution in [0.25, 0.3) is 6.08 Å². The van der Waals surface area contributed by atoms with Crippen molar-refractivity contribution in [3.8, 4) is 5.75 Å². The van der Waals surface area contributed by atoms with Crippen LogP contribution < -0.4 is 9.64 Å². The number of carbonyl (C=O) groups is 2. The molecule has 1 heterocycles. The molecule has 1 fully saturated rings. The monoisotopic (exact) mass is 369 g/mol. The minimum absolute atomic E-state index is 0.111. The van der Waals surface area contributed by atoms with E-state index in [1.807, 2.05) is 36.4 Å². The molecule has 5 nitrogen and oxygen atoms in total. The maximum atomic E-state index is 12.6. The summed E-state index contributed by atoms with van der Waals surface area (Å²) in [6.45, 7) is 0. The molecule has 0 spiro atoms. The van der Waals surface area contributed by atoms with Gasteiger partial charge in [0.05, 0.1) is 18.9 Å². The van der Waals surface area contributed by atoms with Gasteiger partial charge in [0.1, 0.15) is 11.0 Å². The van der Waals surface area contributed by atoms with Crippen molar-refractivity contribution in [1.82, 2.24) is 0 Å². The number of hydrogen-bond donors (Lipinski definition) is 1. The Morgan fingerprint density at radius 1 is 1.19 bits per heavy atom. The zero-order chi connectivity index (χ0) is 18.5. The van der Waals surface area contributed by atoms with Crippen LogP contribution in [0.2, 0.25) is 0 Å². The first-order valence-corrected chi connectivity index (χ1v) is 9.19. The molecule has 26 heavy (non-hydrogen) atoms. The highest BCUT2D eigenvalue weighted by Gasteiger charge is 2.39. The number of carboxylic acids is 1. The van der Waals surface area contributed by atoms with Crippen LogP contribution in [-0.4, -0.2) is 41.1 Å². The first kappa shape index (κ1) is 18.1. The molecule has 1 aliphatic rings. The average Bonchev–Trinajstić information content (AvgIpc) is 2.67. The van der Waals surface area contributed by atoms with E-state index in [2.05, 4.69) is 0 Å². The number of rotatable bonds is 5. The van der Waals surface area contributed by atoms with E-state index in [9.17, 15) is 14.7 Å². The number of carbonyl (C=O) groups excluding carboxylic acids is 1. The molecule has 1 saturated heterocycles. The molecule has 2 aromatic rings. The van der Waals surface area contributed by atoms with Crippen LogP contribution in [0.1, 0.15) is 5.56 Å². The molecule has 0 radical (unpaired) electrons. The van der Waals surface area contributed by atoms with Gasteiger partial charge < -0.3 is 14.7 Å². The van der Waals surface area contributed by atoms with E-state index in [-0.39, 0.29) is 11.7 Å². The Balaban J connectivity index is 1.97. The molecule has 1 amide bonds. The summed E-state index contributed by atoms with van der Waals surface area (Å²) in [5, 5.41) is 8.90. The molecule has 0 saturated carbocycles. The molecular formula is C20H19NO4S. The third-order valence-electron chi connectivity index (χ3n) is 4.14. The van der Waals surface area contributed by atoms with Gasteiger partial charge in [-0.2, -0.15) is 0 Å². The number of thioether (sulfide) groups is 1. The molecule has 0 aromatic heterocycles. The molecule has 134 valence electrons. The number of hydrogen-bond acceptors (Lipinski definition) is 4. The van der Waals surface area contributed by atoms with Gasteiger partial charge in [0.25, 0.3) is 0 Å². The summed E-state index contributed by atoms with van der Waals surface area (Å²) in [5.74, 6) is -0.221. The number of amides is 1. The van der Waals surface area contributed by atoms with Gasteiger partial charge in [-0.3, -0.25) is 9.59 Å². The maximum Gasteiger partial charge on any atom is 0.319 e. The Bertz CT molecular complexity index is 804. The van der Waals surface area contributed by atoms with Crippen molar-refractivity contribution in [1.29, 1.82) is 0 Å². The van der Waals surface area contributed by atoms with Crippen LogP contribution >= 0.6 is 11.8 Å². The number of nitrogens with zero attached hydrogens (tertiary/aromatic N) is 1. The lowest BCUT2D eigenvalue weighted by atomic mass is 10.1. The second kappa shape index (κ2) is 8.10. The molecule has 1 N–H and O–H groups in total. The molecule has 6 heteroatoms. The largest absolute Gasteiger partial charge is 0.497 e. The summed E-state index contributed by atoms with van der Waals surface area (Å²) >= 11 is 1.16. The van der Waals surface area contributed by atoms with Gasteiger partial charge in [-0.15, -0.1) is 11.8 Å². The van der Waals surface area contributed by atoms with Gasteiger partial charge in [-0.1, -0.05) is 42.5 Å². The van der Waals surface area contributed by atoms with Gasteiger partial charge in [-0.05, 0) is 29.8 Å². The fourth-order valence-electron chi connectivity index (χ4n) is 2.87. The molecule has 0 bridgehead atoms. The number of carboxylic acid groups (broad SMARTS) is 1. The fourth-order valence-corrected chi connectivity index (χ4v) is 3.88.